The lowest BCUT2D eigenvalue weighted by atomic mass is 10.2. The molecule has 0 saturated carbocycles. The fourth-order valence-corrected chi connectivity index (χ4v) is 2.55. The van der Waals surface area contributed by atoms with Crippen molar-refractivity contribution in [2.24, 2.45) is 10.9 Å². The van der Waals surface area contributed by atoms with Crippen molar-refractivity contribution in [2.45, 2.75) is 24.0 Å². The van der Waals surface area contributed by atoms with Crippen molar-refractivity contribution in [3.63, 3.8) is 0 Å². The van der Waals surface area contributed by atoms with E-state index in [4.69, 9.17) is 27.0 Å². The van der Waals surface area contributed by atoms with Crippen LogP contribution in [0.5, 0.6) is 0 Å². The maximum atomic E-state index is 8.79. The van der Waals surface area contributed by atoms with Crippen LogP contribution in [0.3, 0.4) is 0 Å². The Labute approximate surface area is 119 Å². The summed E-state index contributed by atoms with van der Waals surface area (Å²) in [5, 5.41) is 12.8. The Bertz CT molecular complexity index is 620. The van der Waals surface area contributed by atoms with Gasteiger partial charge in [0.2, 0.25) is 0 Å². The molecule has 7 heteroatoms. The molecule has 0 unspecified atom stereocenters. The average Bonchev–Trinajstić information content (AvgIpc) is 2.69. The SMILES string of the molecule is Cc1nc(Sc2ccc(Cl)cc2/C(N)=N/O)oc1C. The number of oxime groups is 1. The van der Waals surface area contributed by atoms with Gasteiger partial charge in [0.15, 0.2) is 5.84 Å². The largest absolute Gasteiger partial charge is 0.436 e. The zero-order chi connectivity index (χ0) is 14.0. The van der Waals surface area contributed by atoms with E-state index in [9.17, 15) is 0 Å². The van der Waals surface area contributed by atoms with Crippen LogP contribution in [-0.2, 0) is 0 Å². The molecule has 0 fully saturated rings. The van der Waals surface area contributed by atoms with Crippen molar-refractivity contribution in [1.82, 2.24) is 4.98 Å². The Morgan fingerprint density at radius 3 is 2.79 bits per heavy atom. The molecule has 0 amide bonds. The summed E-state index contributed by atoms with van der Waals surface area (Å²) < 4.78 is 5.49. The molecule has 1 aromatic carbocycles. The zero-order valence-corrected chi connectivity index (χ0v) is 11.9. The van der Waals surface area contributed by atoms with Crippen LogP contribution in [0.15, 0.2) is 37.9 Å². The molecule has 100 valence electrons. The summed E-state index contributed by atoms with van der Waals surface area (Å²) >= 11 is 7.20. The number of benzene rings is 1. The Kier molecular flexibility index (Phi) is 4.01. The highest BCUT2D eigenvalue weighted by molar-refractivity contribution is 7.99. The van der Waals surface area contributed by atoms with Gasteiger partial charge in [-0.05, 0) is 43.8 Å². The van der Waals surface area contributed by atoms with E-state index in [0.29, 0.717) is 15.8 Å². The minimum atomic E-state index is -0.00926. The third kappa shape index (κ3) is 3.02. The second kappa shape index (κ2) is 5.54. The van der Waals surface area contributed by atoms with E-state index in [1.165, 1.54) is 11.8 Å². The van der Waals surface area contributed by atoms with Crippen LogP contribution >= 0.6 is 23.4 Å². The maximum Gasteiger partial charge on any atom is 0.261 e. The molecule has 0 atom stereocenters. The number of aryl methyl sites for hydroxylation is 2. The second-order valence-corrected chi connectivity index (χ2v) is 5.28. The summed E-state index contributed by atoms with van der Waals surface area (Å²) in [5.74, 6) is 0.756. The van der Waals surface area contributed by atoms with Crippen molar-refractivity contribution >= 4 is 29.2 Å². The van der Waals surface area contributed by atoms with Gasteiger partial charge in [-0.25, -0.2) is 4.98 Å². The molecule has 0 aliphatic rings. The average molecular weight is 298 g/mol. The van der Waals surface area contributed by atoms with Crippen LogP contribution in [0.1, 0.15) is 17.0 Å². The highest BCUT2D eigenvalue weighted by Gasteiger charge is 2.13. The number of nitrogens with two attached hydrogens (primary N) is 1. The number of nitrogens with zero attached hydrogens (tertiary/aromatic N) is 2. The Morgan fingerprint density at radius 2 is 2.21 bits per heavy atom. The molecule has 0 saturated heterocycles. The first-order chi connectivity index (χ1) is 9.01. The number of oxazole rings is 1. The standard InChI is InChI=1S/C12H12ClN3O2S/c1-6-7(2)18-12(15-6)19-10-4-3-8(13)5-9(10)11(14)16-17/h3-5,17H,1-2H3,(H2,14,16). The Balaban J connectivity index is 2.39. The van der Waals surface area contributed by atoms with Gasteiger partial charge in [0.05, 0.1) is 5.69 Å². The predicted molar refractivity (Wildman–Crippen MR) is 74.1 cm³/mol. The molecule has 0 bridgehead atoms. The topological polar surface area (TPSA) is 84.6 Å². The van der Waals surface area contributed by atoms with E-state index in [0.717, 1.165) is 16.3 Å². The molecule has 2 rings (SSSR count). The van der Waals surface area contributed by atoms with Gasteiger partial charge in [0, 0.05) is 15.5 Å². The van der Waals surface area contributed by atoms with E-state index in [1.807, 2.05) is 13.8 Å². The third-order valence-corrected chi connectivity index (χ3v) is 3.69. The molecule has 0 aliphatic carbocycles. The van der Waals surface area contributed by atoms with Gasteiger partial charge >= 0.3 is 0 Å². The minimum absolute atomic E-state index is 0.00926. The van der Waals surface area contributed by atoms with Crippen LogP contribution in [0.4, 0.5) is 0 Å². The summed E-state index contributed by atoms with van der Waals surface area (Å²) in [6.45, 7) is 3.72. The van der Waals surface area contributed by atoms with Gasteiger partial charge in [-0.1, -0.05) is 16.8 Å². The van der Waals surface area contributed by atoms with Crippen LogP contribution in [-0.4, -0.2) is 16.0 Å². The summed E-state index contributed by atoms with van der Waals surface area (Å²) in [5.41, 5.74) is 7.00. The van der Waals surface area contributed by atoms with Gasteiger partial charge in [0.25, 0.3) is 5.22 Å². The summed E-state index contributed by atoms with van der Waals surface area (Å²) in [6, 6.07) is 5.12. The van der Waals surface area contributed by atoms with Crippen LogP contribution in [0, 0.1) is 13.8 Å². The monoisotopic (exact) mass is 297 g/mol. The third-order valence-electron chi connectivity index (χ3n) is 2.53. The van der Waals surface area contributed by atoms with Crippen LogP contribution in [0.25, 0.3) is 0 Å². The summed E-state index contributed by atoms with van der Waals surface area (Å²) in [6.07, 6.45) is 0. The number of hydrogen-bond acceptors (Lipinski definition) is 5. The molecule has 19 heavy (non-hydrogen) atoms. The maximum absolute atomic E-state index is 8.79. The van der Waals surface area contributed by atoms with E-state index in [2.05, 4.69) is 10.1 Å². The van der Waals surface area contributed by atoms with Crippen LogP contribution < -0.4 is 5.73 Å². The van der Waals surface area contributed by atoms with Crippen molar-refractivity contribution in [2.75, 3.05) is 0 Å². The van der Waals surface area contributed by atoms with Crippen molar-refractivity contribution in [3.8, 4) is 0 Å². The molecule has 3 N–H and O–H groups in total. The molecule has 0 aliphatic heterocycles. The van der Waals surface area contributed by atoms with E-state index in [-0.39, 0.29) is 5.84 Å². The Morgan fingerprint density at radius 1 is 1.47 bits per heavy atom. The van der Waals surface area contributed by atoms with Gasteiger partial charge < -0.3 is 15.4 Å². The van der Waals surface area contributed by atoms with Gasteiger partial charge in [0.1, 0.15) is 5.76 Å². The molecule has 5 nitrogen and oxygen atoms in total. The second-order valence-electron chi connectivity index (χ2n) is 3.85. The van der Waals surface area contributed by atoms with Gasteiger partial charge in [-0.2, -0.15) is 0 Å². The molecule has 2 aromatic rings. The molecular formula is C12H12ClN3O2S. The summed E-state index contributed by atoms with van der Waals surface area (Å²) in [4.78, 5) is 5.03. The van der Waals surface area contributed by atoms with Crippen molar-refractivity contribution in [1.29, 1.82) is 0 Å². The first-order valence-electron chi connectivity index (χ1n) is 5.40. The Hall–Kier alpha value is -1.66. The highest BCUT2D eigenvalue weighted by atomic mass is 35.5. The van der Waals surface area contributed by atoms with E-state index in [1.54, 1.807) is 18.2 Å². The van der Waals surface area contributed by atoms with Gasteiger partial charge in [-0.3, -0.25) is 0 Å². The molecule has 0 radical (unpaired) electrons. The first kappa shape index (κ1) is 13.8. The lowest BCUT2D eigenvalue weighted by molar-refractivity contribution is 0.318. The molecule has 0 spiro atoms. The van der Waals surface area contributed by atoms with Gasteiger partial charge in [-0.15, -0.1) is 0 Å². The number of halogens is 1. The number of aromatic nitrogens is 1. The number of rotatable bonds is 3. The highest BCUT2D eigenvalue weighted by Crippen LogP contribution is 2.32. The van der Waals surface area contributed by atoms with E-state index >= 15 is 0 Å². The predicted octanol–water partition coefficient (Wildman–Crippen LogP) is 3.19. The minimum Gasteiger partial charge on any atom is -0.436 e. The first-order valence-corrected chi connectivity index (χ1v) is 6.60. The summed E-state index contributed by atoms with van der Waals surface area (Å²) in [7, 11) is 0. The molecular weight excluding hydrogens is 286 g/mol. The van der Waals surface area contributed by atoms with Crippen LogP contribution in [0.2, 0.25) is 5.02 Å². The van der Waals surface area contributed by atoms with Crippen molar-refractivity contribution < 1.29 is 9.62 Å². The fourth-order valence-electron chi connectivity index (χ4n) is 1.43. The van der Waals surface area contributed by atoms with E-state index < -0.39 is 0 Å². The normalized spacial score (nSPS) is 11.8. The molecule has 1 heterocycles. The quantitative estimate of drug-likeness (QED) is 0.393. The van der Waals surface area contributed by atoms with Crippen molar-refractivity contribution in [3.05, 3.63) is 40.2 Å². The smallest absolute Gasteiger partial charge is 0.261 e. The lowest BCUT2D eigenvalue weighted by Gasteiger charge is -2.06. The number of hydrogen-bond donors (Lipinski definition) is 2. The zero-order valence-electron chi connectivity index (χ0n) is 10.3. The fraction of sp³-hybridized carbons (Fsp3) is 0.167. The number of amidine groups is 1. The lowest BCUT2D eigenvalue weighted by Crippen LogP contribution is -2.14. The molecule has 1 aromatic heterocycles.